The van der Waals surface area contributed by atoms with E-state index in [2.05, 4.69) is 4.74 Å². The van der Waals surface area contributed by atoms with Gasteiger partial charge in [0.2, 0.25) is 5.78 Å². The molecule has 0 radical (unpaired) electrons. The summed E-state index contributed by atoms with van der Waals surface area (Å²) in [5, 5.41) is 0. The normalized spacial score (nSPS) is 14.1. The van der Waals surface area contributed by atoms with Gasteiger partial charge >= 0.3 is 35.6 Å². The van der Waals surface area contributed by atoms with Crippen molar-refractivity contribution in [3.63, 3.8) is 0 Å². The van der Waals surface area contributed by atoms with Gasteiger partial charge in [-0.3, -0.25) is 9.59 Å². The van der Waals surface area contributed by atoms with Crippen molar-refractivity contribution < 1.29 is 63.0 Å². The molecule has 158 valence electrons. The number of halogens is 10. The number of carbonyl (C=O) groups excluding carboxylic acids is 3. The first-order valence-corrected chi connectivity index (χ1v) is 6.97. The maximum atomic E-state index is 13.5. The minimum Gasteiger partial charge on any atom is -0.461 e. The van der Waals surface area contributed by atoms with Crippen LogP contribution >= 0.6 is 0 Å². The van der Waals surface area contributed by atoms with Gasteiger partial charge < -0.3 is 4.74 Å². The Morgan fingerprint density at radius 2 is 1.11 bits per heavy atom. The molecule has 0 aromatic heterocycles. The summed E-state index contributed by atoms with van der Waals surface area (Å²) in [6.45, 7) is 0.700. The molecule has 0 atom stereocenters. The van der Waals surface area contributed by atoms with Crippen LogP contribution in [0.15, 0.2) is 0 Å². The largest absolute Gasteiger partial charge is 0.461 e. The minimum atomic E-state index is -7.59. The molecule has 0 fully saturated rings. The monoisotopic (exact) mass is 422 g/mol. The van der Waals surface area contributed by atoms with Crippen LogP contribution in [0, 0.1) is 0 Å². The highest BCUT2D eigenvalue weighted by Gasteiger charge is 2.89. The summed E-state index contributed by atoms with van der Waals surface area (Å²) in [5.41, 5.74) is 0. The van der Waals surface area contributed by atoms with Crippen LogP contribution in [0.4, 0.5) is 43.9 Å². The Balaban J connectivity index is 6.17. The topological polar surface area (TPSA) is 60.4 Å². The molecule has 0 aromatic rings. The molecular formula is C13H12F10O4. The number of ether oxygens (including phenoxy) is 1. The summed E-state index contributed by atoms with van der Waals surface area (Å²) >= 11 is 0. The highest BCUT2D eigenvalue weighted by atomic mass is 19.4. The van der Waals surface area contributed by atoms with Crippen LogP contribution in [-0.4, -0.2) is 53.8 Å². The molecule has 0 aromatic carbocycles. The molecule has 14 heteroatoms. The first-order chi connectivity index (χ1) is 11.9. The SMILES string of the molecule is CCOC(=O)C(F)(F)C(F)(F)C(F)(F)C(F)(F)C(F)(F)C(=O)CC(=O)CC. The lowest BCUT2D eigenvalue weighted by Gasteiger charge is -2.38. The predicted molar refractivity (Wildman–Crippen MR) is 66.3 cm³/mol. The fourth-order valence-electron chi connectivity index (χ4n) is 1.53. The molecule has 0 amide bonds. The van der Waals surface area contributed by atoms with Crippen molar-refractivity contribution in [2.45, 2.75) is 56.3 Å². The van der Waals surface area contributed by atoms with E-state index < -0.39 is 66.6 Å². The lowest BCUT2D eigenvalue weighted by Crippen LogP contribution is -2.70. The van der Waals surface area contributed by atoms with Crippen LogP contribution in [0.1, 0.15) is 26.7 Å². The average Bonchev–Trinajstić information content (AvgIpc) is 2.53. The zero-order valence-corrected chi connectivity index (χ0v) is 13.5. The van der Waals surface area contributed by atoms with Gasteiger partial charge in [0.25, 0.3) is 0 Å². The van der Waals surface area contributed by atoms with Crippen LogP contribution < -0.4 is 0 Å². The first-order valence-electron chi connectivity index (χ1n) is 6.97. The average molecular weight is 422 g/mol. The standard InChI is InChI=1S/C13H12F10O4/c1-3-6(24)5-7(25)9(14,15)11(18,19)13(22,23)12(20,21)10(16,17)8(26)27-4-2/h3-5H2,1-2H3. The smallest absolute Gasteiger partial charge is 0.410 e. The predicted octanol–water partition coefficient (Wildman–Crippen LogP) is 3.66. The van der Waals surface area contributed by atoms with E-state index >= 15 is 0 Å². The van der Waals surface area contributed by atoms with Gasteiger partial charge in [-0.25, -0.2) is 4.79 Å². The fraction of sp³-hybridized carbons (Fsp3) is 0.769. The zero-order chi connectivity index (χ0) is 22.1. The molecule has 0 N–H and O–H groups in total. The molecule has 0 heterocycles. The van der Waals surface area contributed by atoms with Crippen molar-refractivity contribution in [2.75, 3.05) is 6.61 Å². The number of alkyl halides is 10. The van der Waals surface area contributed by atoms with Crippen molar-refractivity contribution in [1.29, 1.82) is 0 Å². The molecule has 0 aliphatic carbocycles. The van der Waals surface area contributed by atoms with Crippen molar-refractivity contribution in [3.05, 3.63) is 0 Å². The number of hydrogen-bond donors (Lipinski definition) is 0. The van der Waals surface area contributed by atoms with Gasteiger partial charge in [-0.1, -0.05) is 6.92 Å². The van der Waals surface area contributed by atoms with Gasteiger partial charge in [-0.05, 0) is 6.92 Å². The summed E-state index contributed by atoms with van der Waals surface area (Å²) in [4.78, 5) is 32.6. The molecular weight excluding hydrogens is 410 g/mol. The molecule has 0 saturated heterocycles. The Kier molecular flexibility index (Phi) is 7.09. The minimum absolute atomic E-state index is 0.666. The van der Waals surface area contributed by atoms with E-state index in [4.69, 9.17) is 0 Å². The zero-order valence-electron chi connectivity index (χ0n) is 13.5. The molecule has 0 spiro atoms. The van der Waals surface area contributed by atoms with Crippen LogP contribution in [0.2, 0.25) is 0 Å². The van der Waals surface area contributed by atoms with Gasteiger partial charge in [0.1, 0.15) is 5.78 Å². The molecule has 4 nitrogen and oxygen atoms in total. The molecule has 27 heavy (non-hydrogen) atoms. The number of ketones is 2. The second-order valence-electron chi connectivity index (χ2n) is 5.08. The molecule has 0 rings (SSSR count). The number of carbonyl (C=O) groups is 3. The first kappa shape index (κ1) is 25.1. The van der Waals surface area contributed by atoms with E-state index in [9.17, 15) is 58.3 Å². The van der Waals surface area contributed by atoms with Crippen molar-refractivity contribution in [1.82, 2.24) is 0 Å². The van der Waals surface area contributed by atoms with Gasteiger partial charge in [0.05, 0.1) is 13.0 Å². The van der Waals surface area contributed by atoms with E-state index in [1.165, 1.54) is 0 Å². The summed E-state index contributed by atoms with van der Waals surface area (Å²) in [5.74, 6) is -43.6. The summed E-state index contributed by atoms with van der Waals surface area (Å²) in [6.07, 6.45) is -2.70. The Morgan fingerprint density at radius 3 is 1.48 bits per heavy atom. The number of hydrogen-bond acceptors (Lipinski definition) is 4. The summed E-state index contributed by atoms with van der Waals surface area (Å²) in [6, 6.07) is 0. The van der Waals surface area contributed by atoms with Crippen LogP contribution in [0.5, 0.6) is 0 Å². The van der Waals surface area contributed by atoms with E-state index in [0.29, 0.717) is 0 Å². The van der Waals surface area contributed by atoms with E-state index in [1.807, 2.05) is 0 Å². The molecule has 0 aliphatic rings. The quantitative estimate of drug-likeness (QED) is 0.306. The van der Waals surface area contributed by atoms with Crippen molar-refractivity contribution >= 4 is 17.5 Å². The van der Waals surface area contributed by atoms with E-state index in [0.717, 1.165) is 13.8 Å². The number of rotatable bonds is 10. The maximum absolute atomic E-state index is 13.5. The van der Waals surface area contributed by atoms with Gasteiger partial charge in [0.15, 0.2) is 0 Å². The van der Waals surface area contributed by atoms with Crippen LogP contribution in [-0.2, 0) is 19.1 Å². The molecule has 0 saturated carbocycles. The van der Waals surface area contributed by atoms with Gasteiger partial charge in [-0.2, -0.15) is 43.9 Å². The summed E-state index contributed by atoms with van der Waals surface area (Å²) in [7, 11) is 0. The lowest BCUT2D eigenvalue weighted by atomic mass is 9.91. The fourth-order valence-corrected chi connectivity index (χ4v) is 1.53. The lowest BCUT2D eigenvalue weighted by molar-refractivity contribution is -0.389. The van der Waals surface area contributed by atoms with Crippen LogP contribution in [0.3, 0.4) is 0 Å². The molecule has 0 bridgehead atoms. The Morgan fingerprint density at radius 1 is 0.704 bits per heavy atom. The second-order valence-corrected chi connectivity index (χ2v) is 5.08. The van der Waals surface area contributed by atoms with E-state index in [-0.39, 0.29) is 0 Å². The third-order valence-corrected chi connectivity index (χ3v) is 3.21. The maximum Gasteiger partial charge on any atom is 0.410 e. The Labute approximate surface area is 144 Å². The Hall–Kier alpha value is -1.89. The molecule has 0 unspecified atom stereocenters. The third-order valence-electron chi connectivity index (χ3n) is 3.21. The van der Waals surface area contributed by atoms with E-state index in [1.54, 1.807) is 0 Å². The number of Topliss-reactive ketones (excluding diaryl/α,β-unsaturated/α-hetero) is 2. The third kappa shape index (κ3) is 3.88. The highest BCUT2D eigenvalue weighted by molar-refractivity contribution is 6.02. The van der Waals surface area contributed by atoms with Crippen molar-refractivity contribution in [2.24, 2.45) is 0 Å². The highest BCUT2D eigenvalue weighted by Crippen LogP contribution is 2.57. The van der Waals surface area contributed by atoms with Gasteiger partial charge in [0, 0.05) is 6.42 Å². The summed E-state index contributed by atoms with van der Waals surface area (Å²) < 4.78 is 137. The van der Waals surface area contributed by atoms with Crippen LogP contribution in [0.25, 0.3) is 0 Å². The number of esters is 1. The molecule has 0 aliphatic heterocycles. The van der Waals surface area contributed by atoms with Crippen molar-refractivity contribution in [3.8, 4) is 0 Å². The Bertz CT molecular complexity index is 600. The van der Waals surface area contributed by atoms with Gasteiger partial charge in [-0.15, -0.1) is 0 Å². The second kappa shape index (κ2) is 7.62.